The molecule has 11 heteroatoms. The Kier molecular flexibility index (Phi) is 8.79. The highest BCUT2D eigenvalue weighted by molar-refractivity contribution is 7.90. The summed E-state index contributed by atoms with van der Waals surface area (Å²) in [6.07, 6.45) is 6.71. The molecule has 248 valence electrons. The molecule has 0 aliphatic carbocycles. The fourth-order valence-electron chi connectivity index (χ4n) is 5.42. The van der Waals surface area contributed by atoms with Gasteiger partial charge >= 0.3 is 0 Å². The molecule has 0 saturated carbocycles. The van der Waals surface area contributed by atoms with Crippen LogP contribution >= 0.6 is 0 Å². The minimum Gasteiger partial charge on any atom is -0.346 e. The second-order valence-electron chi connectivity index (χ2n) is 12.9. The van der Waals surface area contributed by atoms with Crippen molar-refractivity contribution in [2.24, 2.45) is 0 Å². The Morgan fingerprint density at radius 1 is 0.700 bits per heavy atom. The zero-order chi connectivity index (χ0) is 35.7. The first-order chi connectivity index (χ1) is 23.9. The molecule has 50 heavy (non-hydrogen) atoms. The molecule has 6 heterocycles. The molecule has 7 aromatic rings. The Bertz CT molecular complexity index is 2550. The molecule has 0 aliphatic heterocycles. The third-order valence-corrected chi connectivity index (χ3v) is 10.2. The number of aromatic amines is 1. The molecule has 0 unspecified atom stereocenters. The number of benzene rings is 1. The monoisotopic (exact) mass is 678 g/mol. The van der Waals surface area contributed by atoms with Gasteiger partial charge in [0, 0.05) is 46.7 Å². The molecule has 0 aliphatic rings. The largest absolute Gasteiger partial charge is 0.346 e. The Morgan fingerprint density at radius 3 is 1.84 bits per heavy atom. The number of H-pyrrole nitrogens is 1. The van der Waals surface area contributed by atoms with Gasteiger partial charge in [0.1, 0.15) is 5.65 Å². The summed E-state index contributed by atoms with van der Waals surface area (Å²) in [7, 11) is -3.78. The van der Waals surface area contributed by atoms with Crippen LogP contribution in [0.25, 0.3) is 44.6 Å². The van der Waals surface area contributed by atoms with Crippen molar-refractivity contribution in [2.75, 3.05) is 0 Å². The number of hydrogen-bond acceptors (Lipinski definition) is 8. The van der Waals surface area contributed by atoms with E-state index in [-0.39, 0.29) is 4.90 Å². The maximum absolute atomic E-state index is 13.2. The lowest BCUT2D eigenvalue weighted by Gasteiger charge is -2.15. The van der Waals surface area contributed by atoms with E-state index in [0.29, 0.717) is 22.4 Å². The van der Waals surface area contributed by atoms with Gasteiger partial charge in [0.05, 0.1) is 50.6 Å². The van der Waals surface area contributed by atoms with E-state index in [1.807, 2.05) is 89.3 Å². The van der Waals surface area contributed by atoms with Crippen molar-refractivity contribution in [3.63, 3.8) is 0 Å². The average molecular weight is 679 g/mol. The van der Waals surface area contributed by atoms with E-state index in [1.54, 1.807) is 48.8 Å². The highest BCUT2D eigenvalue weighted by atomic mass is 32.2. The summed E-state index contributed by atoms with van der Waals surface area (Å²) >= 11 is 0. The summed E-state index contributed by atoms with van der Waals surface area (Å²) in [6.45, 7) is 9.27. The first-order valence-corrected chi connectivity index (χ1v) is 17.3. The van der Waals surface area contributed by atoms with Crippen LogP contribution in [0, 0.1) is 29.6 Å². The van der Waals surface area contributed by atoms with Crippen LogP contribution in [0.2, 0.25) is 0 Å². The minimum atomic E-state index is -3.78. The van der Waals surface area contributed by atoms with Gasteiger partial charge in [-0.25, -0.2) is 22.4 Å². The normalized spacial score (nSPS) is 11.8. The standard InChI is InChI=1S/C23H20N4O2S.C16H14N4/c1-16-7-9-17(10-8-16)30(28,29)27-14-12-19-18(11-13-25-22(19)27)20-5-4-6-21(26-20)23(2,3)15-24;1-16(2,10-17)14-5-3-4-13(20-14)11-6-8-18-15-12(11)7-9-19-15/h4-14H,1-3H3;3-9H,1-2H3,(H,18,19). The van der Waals surface area contributed by atoms with E-state index < -0.39 is 20.9 Å². The van der Waals surface area contributed by atoms with Crippen molar-refractivity contribution in [1.82, 2.24) is 28.9 Å². The maximum atomic E-state index is 13.2. The highest BCUT2D eigenvalue weighted by Gasteiger charge is 2.24. The van der Waals surface area contributed by atoms with Crippen LogP contribution in [0.15, 0.2) is 115 Å². The molecule has 1 N–H and O–H groups in total. The zero-order valence-electron chi connectivity index (χ0n) is 28.2. The van der Waals surface area contributed by atoms with Crippen LogP contribution in [-0.2, 0) is 20.9 Å². The number of aryl methyl sites for hydroxylation is 1. The quantitative estimate of drug-likeness (QED) is 0.186. The molecule has 7 rings (SSSR count). The van der Waals surface area contributed by atoms with Crippen LogP contribution < -0.4 is 0 Å². The van der Waals surface area contributed by atoms with Crippen LogP contribution in [0.1, 0.15) is 44.6 Å². The molecule has 0 saturated heterocycles. The lowest BCUT2D eigenvalue weighted by Crippen LogP contribution is -2.16. The fraction of sp³-hybridized carbons (Fsp3) is 0.179. The summed E-state index contributed by atoms with van der Waals surface area (Å²) in [4.78, 5) is 21.2. The summed E-state index contributed by atoms with van der Waals surface area (Å²) in [5.41, 5.74) is 5.56. The van der Waals surface area contributed by atoms with E-state index >= 15 is 0 Å². The third-order valence-electron chi connectivity index (χ3n) is 8.48. The molecule has 0 atom stereocenters. The molecule has 0 fully saturated rings. The number of fused-ring (bicyclic) bond motifs is 2. The van der Waals surface area contributed by atoms with Crippen LogP contribution in [0.5, 0.6) is 0 Å². The molecule has 0 amide bonds. The predicted molar refractivity (Wildman–Crippen MR) is 193 cm³/mol. The van der Waals surface area contributed by atoms with E-state index in [4.69, 9.17) is 0 Å². The summed E-state index contributed by atoms with van der Waals surface area (Å²) in [5, 5.41) is 20.4. The first kappa shape index (κ1) is 33.7. The highest BCUT2D eigenvalue weighted by Crippen LogP contribution is 2.31. The summed E-state index contributed by atoms with van der Waals surface area (Å²) < 4.78 is 27.5. The lowest BCUT2D eigenvalue weighted by molar-refractivity contribution is 0.588. The fourth-order valence-corrected chi connectivity index (χ4v) is 6.72. The van der Waals surface area contributed by atoms with Gasteiger partial charge in [0.25, 0.3) is 10.0 Å². The predicted octanol–water partition coefficient (Wildman–Crippen LogP) is 7.87. The molecular formula is C39H34N8O2S. The lowest BCUT2D eigenvalue weighted by atomic mass is 9.90. The minimum absolute atomic E-state index is 0.202. The second-order valence-corrected chi connectivity index (χ2v) is 14.7. The molecule has 6 aromatic heterocycles. The Labute approximate surface area is 290 Å². The number of aromatic nitrogens is 6. The van der Waals surface area contributed by atoms with Gasteiger partial charge in [0.2, 0.25) is 0 Å². The Hall–Kier alpha value is -6.17. The third kappa shape index (κ3) is 6.35. The Balaban J connectivity index is 0.000000187. The van der Waals surface area contributed by atoms with Crippen molar-refractivity contribution in [2.45, 2.75) is 50.3 Å². The van der Waals surface area contributed by atoms with Crippen molar-refractivity contribution in [3.05, 3.63) is 127 Å². The molecular weight excluding hydrogens is 645 g/mol. The van der Waals surface area contributed by atoms with Gasteiger partial charge in [0.15, 0.2) is 5.65 Å². The van der Waals surface area contributed by atoms with E-state index in [1.165, 1.54) is 10.2 Å². The summed E-state index contributed by atoms with van der Waals surface area (Å²) in [6, 6.07) is 30.0. The number of hydrogen-bond donors (Lipinski definition) is 1. The first-order valence-electron chi connectivity index (χ1n) is 15.8. The molecule has 1 aromatic carbocycles. The number of pyridine rings is 4. The second kappa shape index (κ2) is 13.0. The molecule has 10 nitrogen and oxygen atoms in total. The molecule has 0 spiro atoms. The van der Waals surface area contributed by atoms with Crippen LogP contribution in [0.3, 0.4) is 0 Å². The van der Waals surface area contributed by atoms with E-state index in [9.17, 15) is 18.9 Å². The van der Waals surface area contributed by atoms with Crippen molar-refractivity contribution < 1.29 is 8.42 Å². The molecule has 0 radical (unpaired) electrons. The van der Waals surface area contributed by atoms with Crippen LogP contribution in [-0.4, -0.2) is 37.3 Å². The van der Waals surface area contributed by atoms with Crippen molar-refractivity contribution in [3.8, 4) is 34.7 Å². The number of nitriles is 2. The van der Waals surface area contributed by atoms with Gasteiger partial charge < -0.3 is 4.98 Å². The van der Waals surface area contributed by atoms with Gasteiger partial charge in [-0.15, -0.1) is 0 Å². The van der Waals surface area contributed by atoms with Gasteiger partial charge in [-0.1, -0.05) is 29.8 Å². The summed E-state index contributed by atoms with van der Waals surface area (Å²) in [5.74, 6) is 0. The zero-order valence-corrected chi connectivity index (χ0v) is 29.1. The van der Waals surface area contributed by atoms with E-state index in [2.05, 4.69) is 37.1 Å². The average Bonchev–Trinajstić information content (AvgIpc) is 3.80. The van der Waals surface area contributed by atoms with Gasteiger partial charge in [-0.3, -0.25) is 9.97 Å². The topological polar surface area (TPSA) is 154 Å². The van der Waals surface area contributed by atoms with E-state index in [0.717, 1.165) is 39.1 Å². The van der Waals surface area contributed by atoms with Crippen molar-refractivity contribution in [1.29, 1.82) is 10.5 Å². The van der Waals surface area contributed by atoms with Crippen molar-refractivity contribution >= 4 is 32.1 Å². The van der Waals surface area contributed by atoms with Crippen LogP contribution in [0.4, 0.5) is 0 Å². The van der Waals surface area contributed by atoms with Gasteiger partial charge in [-0.2, -0.15) is 10.5 Å². The number of rotatable bonds is 6. The maximum Gasteiger partial charge on any atom is 0.269 e. The smallest absolute Gasteiger partial charge is 0.269 e. The van der Waals surface area contributed by atoms with Gasteiger partial charge in [-0.05, 0) is 95.3 Å². The number of nitrogens with zero attached hydrogens (tertiary/aromatic N) is 7. The number of nitrogens with one attached hydrogen (secondary N) is 1. The SMILES string of the molecule is CC(C)(C#N)c1cccc(-c2ccnc3[nH]ccc23)n1.Cc1ccc(S(=O)(=O)n2ccc3c(-c4cccc(C(C)(C)C#N)n4)ccnc32)cc1. The molecule has 0 bridgehead atoms. The Morgan fingerprint density at radius 2 is 1.26 bits per heavy atom.